The van der Waals surface area contributed by atoms with Gasteiger partial charge in [-0.3, -0.25) is 0 Å². The highest BCUT2D eigenvalue weighted by Crippen LogP contribution is 2.42. The van der Waals surface area contributed by atoms with E-state index >= 15 is 0 Å². The number of nitrogens with zero attached hydrogens (tertiary/aromatic N) is 1. The summed E-state index contributed by atoms with van der Waals surface area (Å²) in [4.78, 5) is 14.6. The summed E-state index contributed by atoms with van der Waals surface area (Å²) in [7, 11) is 4.59. The smallest absolute Gasteiger partial charge is 0.335 e. The normalized spacial score (nSPS) is 11.3. The lowest BCUT2D eigenvalue weighted by atomic mass is 9.95. The van der Waals surface area contributed by atoms with E-state index in [1.807, 2.05) is 83.8 Å². The number of hydrogen-bond acceptors (Lipinski definition) is 5. The summed E-state index contributed by atoms with van der Waals surface area (Å²) in [6.45, 7) is 4.09. The minimum absolute atomic E-state index is 0.293. The molecule has 3 aromatic carbocycles. The van der Waals surface area contributed by atoms with Crippen LogP contribution < -0.4 is 14.4 Å². The van der Waals surface area contributed by atoms with Crippen LogP contribution in [0.15, 0.2) is 91.0 Å². The molecular formula is C25H25NO4. The SMILES string of the molecule is C=C(C(=O)OC)C(c1ccccc1OC)N(c1ccccc1)c1ccc(OC)cc1. The molecular weight excluding hydrogens is 378 g/mol. The van der Waals surface area contributed by atoms with Crippen LogP contribution in [-0.2, 0) is 9.53 Å². The number of carbonyl (C=O) groups excluding carboxylic acids is 1. The van der Waals surface area contributed by atoms with Gasteiger partial charge in [-0.2, -0.15) is 0 Å². The summed E-state index contributed by atoms with van der Waals surface area (Å²) in [5.74, 6) is 0.912. The van der Waals surface area contributed by atoms with E-state index in [0.717, 1.165) is 22.7 Å². The Kier molecular flexibility index (Phi) is 6.75. The molecule has 0 N–H and O–H groups in total. The number of carbonyl (C=O) groups is 1. The average Bonchev–Trinajstić information content (AvgIpc) is 2.82. The molecule has 0 heterocycles. The maximum Gasteiger partial charge on any atom is 0.335 e. The van der Waals surface area contributed by atoms with Crippen LogP contribution in [-0.4, -0.2) is 27.3 Å². The highest BCUT2D eigenvalue weighted by molar-refractivity contribution is 5.91. The first-order valence-electron chi connectivity index (χ1n) is 9.49. The molecule has 3 rings (SSSR count). The molecule has 0 aliphatic carbocycles. The zero-order chi connectivity index (χ0) is 21.5. The van der Waals surface area contributed by atoms with Gasteiger partial charge >= 0.3 is 5.97 Å². The lowest BCUT2D eigenvalue weighted by Gasteiger charge is -2.35. The molecule has 0 bridgehead atoms. The minimum atomic E-state index is -0.551. The van der Waals surface area contributed by atoms with Crippen LogP contribution in [0.1, 0.15) is 11.6 Å². The molecule has 5 nitrogen and oxygen atoms in total. The van der Waals surface area contributed by atoms with Gasteiger partial charge in [-0.25, -0.2) is 4.79 Å². The van der Waals surface area contributed by atoms with Crippen LogP contribution in [0.4, 0.5) is 11.4 Å². The van der Waals surface area contributed by atoms with Crippen molar-refractivity contribution < 1.29 is 19.0 Å². The largest absolute Gasteiger partial charge is 0.497 e. The molecule has 154 valence electrons. The maximum absolute atomic E-state index is 12.6. The fraction of sp³-hybridized carbons (Fsp3) is 0.160. The fourth-order valence-corrected chi connectivity index (χ4v) is 3.40. The number of esters is 1. The molecule has 0 aliphatic heterocycles. The molecule has 30 heavy (non-hydrogen) atoms. The average molecular weight is 403 g/mol. The van der Waals surface area contributed by atoms with Crippen LogP contribution in [0, 0.1) is 0 Å². The van der Waals surface area contributed by atoms with Crippen molar-refractivity contribution in [2.45, 2.75) is 6.04 Å². The molecule has 0 radical (unpaired) electrons. The molecule has 1 unspecified atom stereocenters. The second-order valence-electron chi connectivity index (χ2n) is 6.56. The summed E-state index contributed by atoms with van der Waals surface area (Å²) < 4.78 is 15.9. The van der Waals surface area contributed by atoms with E-state index in [1.54, 1.807) is 14.2 Å². The fourth-order valence-electron chi connectivity index (χ4n) is 3.40. The van der Waals surface area contributed by atoms with E-state index in [0.29, 0.717) is 11.3 Å². The standard InChI is InChI=1S/C25H25NO4/c1-18(25(27)30-4)24(22-12-8-9-13-23(22)29-3)26(19-10-6-5-7-11-19)20-14-16-21(28-2)17-15-20/h5-17,24H,1H2,2-4H3. The summed E-state index contributed by atoms with van der Waals surface area (Å²) >= 11 is 0. The van der Waals surface area contributed by atoms with Crippen LogP contribution in [0.2, 0.25) is 0 Å². The van der Waals surface area contributed by atoms with Crippen LogP contribution in [0.25, 0.3) is 0 Å². The lowest BCUT2D eigenvalue weighted by Crippen LogP contribution is -2.29. The number of anilines is 2. The summed E-state index contributed by atoms with van der Waals surface area (Å²) in [5, 5.41) is 0. The van der Waals surface area contributed by atoms with Crippen molar-refractivity contribution in [3.05, 3.63) is 96.6 Å². The second-order valence-corrected chi connectivity index (χ2v) is 6.56. The number of benzene rings is 3. The third-order valence-corrected chi connectivity index (χ3v) is 4.85. The third-order valence-electron chi connectivity index (χ3n) is 4.85. The van der Waals surface area contributed by atoms with Crippen molar-refractivity contribution in [2.75, 3.05) is 26.2 Å². The van der Waals surface area contributed by atoms with Crippen molar-refractivity contribution in [1.82, 2.24) is 0 Å². The van der Waals surface area contributed by atoms with E-state index in [1.165, 1.54) is 7.11 Å². The highest BCUT2D eigenvalue weighted by atomic mass is 16.5. The molecule has 3 aromatic rings. The van der Waals surface area contributed by atoms with Crippen molar-refractivity contribution >= 4 is 17.3 Å². The molecule has 5 heteroatoms. The number of para-hydroxylation sites is 2. The predicted molar refractivity (Wildman–Crippen MR) is 118 cm³/mol. The van der Waals surface area contributed by atoms with Crippen LogP contribution in [0.5, 0.6) is 11.5 Å². The Labute approximate surface area is 177 Å². The molecule has 0 aliphatic rings. The van der Waals surface area contributed by atoms with Gasteiger partial charge in [0.2, 0.25) is 0 Å². The zero-order valence-electron chi connectivity index (χ0n) is 17.4. The van der Waals surface area contributed by atoms with Gasteiger partial charge in [-0.05, 0) is 42.5 Å². The molecule has 0 saturated carbocycles. The molecule has 0 spiro atoms. The summed E-state index contributed by atoms with van der Waals surface area (Å²) in [6, 6.07) is 24.5. The van der Waals surface area contributed by atoms with Gasteiger partial charge in [-0.15, -0.1) is 0 Å². The third kappa shape index (κ3) is 4.30. The first-order chi connectivity index (χ1) is 14.6. The molecule has 0 saturated heterocycles. The topological polar surface area (TPSA) is 48.0 Å². The number of hydrogen-bond donors (Lipinski definition) is 0. The maximum atomic E-state index is 12.6. The Balaban J connectivity index is 2.25. The Hall–Kier alpha value is -3.73. The molecule has 0 amide bonds. The van der Waals surface area contributed by atoms with Crippen LogP contribution in [0.3, 0.4) is 0 Å². The van der Waals surface area contributed by atoms with Gasteiger partial charge in [0, 0.05) is 16.9 Å². The van der Waals surface area contributed by atoms with Crippen molar-refractivity contribution in [3.8, 4) is 11.5 Å². The van der Waals surface area contributed by atoms with Gasteiger partial charge in [0.25, 0.3) is 0 Å². The quantitative estimate of drug-likeness (QED) is 0.377. The van der Waals surface area contributed by atoms with Crippen molar-refractivity contribution in [2.24, 2.45) is 0 Å². The van der Waals surface area contributed by atoms with E-state index in [4.69, 9.17) is 14.2 Å². The second kappa shape index (κ2) is 9.65. The number of rotatable bonds is 8. The molecule has 0 fully saturated rings. The highest BCUT2D eigenvalue weighted by Gasteiger charge is 2.31. The van der Waals surface area contributed by atoms with Crippen molar-refractivity contribution in [1.29, 1.82) is 0 Å². The first-order valence-corrected chi connectivity index (χ1v) is 9.49. The van der Waals surface area contributed by atoms with Gasteiger partial charge in [0.15, 0.2) is 0 Å². The van der Waals surface area contributed by atoms with Gasteiger partial charge in [0.1, 0.15) is 11.5 Å². The summed E-state index contributed by atoms with van der Waals surface area (Å²) in [5.41, 5.74) is 2.85. The van der Waals surface area contributed by atoms with Gasteiger partial charge in [0.05, 0.1) is 32.9 Å². The Morgan fingerprint density at radius 2 is 1.40 bits per heavy atom. The number of ether oxygens (including phenoxy) is 3. The first kappa shape index (κ1) is 21.0. The Morgan fingerprint density at radius 1 is 0.800 bits per heavy atom. The molecule has 0 aromatic heterocycles. The van der Waals surface area contributed by atoms with E-state index in [-0.39, 0.29) is 0 Å². The predicted octanol–water partition coefficient (Wildman–Crippen LogP) is 5.31. The lowest BCUT2D eigenvalue weighted by molar-refractivity contribution is -0.136. The van der Waals surface area contributed by atoms with Gasteiger partial charge < -0.3 is 19.1 Å². The Morgan fingerprint density at radius 3 is 2.00 bits per heavy atom. The van der Waals surface area contributed by atoms with Crippen LogP contribution >= 0.6 is 0 Å². The van der Waals surface area contributed by atoms with Gasteiger partial charge in [-0.1, -0.05) is 43.0 Å². The van der Waals surface area contributed by atoms with E-state index < -0.39 is 12.0 Å². The minimum Gasteiger partial charge on any atom is -0.497 e. The van der Waals surface area contributed by atoms with E-state index in [2.05, 4.69) is 6.58 Å². The molecule has 1 atom stereocenters. The Bertz CT molecular complexity index is 999. The summed E-state index contributed by atoms with van der Waals surface area (Å²) in [6.07, 6.45) is 0. The van der Waals surface area contributed by atoms with E-state index in [9.17, 15) is 4.79 Å². The zero-order valence-corrected chi connectivity index (χ0v) is 17.4. The number of methoxy groups -OCH3 is 3. The van der Waals surface area contributed by atoms with Crippen molar-refractivity contribution in [3.63, 3.8) is 0 Å². The monoisotopic (exact) mass is 403 g/mol.